The highest BCUT2D eigenvalue weighted by molar-refractivity contribution is 6.31. The Morgan fingerprint density at radius 3 is 2.36 bits per heavy atom. The Labute approximate surface area is 153 Å². The van der Waals surface area contributed by atoms with Gasteiger partial charge in [-0.3, -0.25) is 4.79 Å². The molecule has 25 heavy (non-hydrogen) atoms. The van der Waals surface area contributed by atoms with Gasteiger partial charge in [0.25, 0.3) is 5.91 Å². The minimum Gasteiger partial charge on any atom is -0.321 e. The first-order valence-electron chi connectivity index (χ1n) is 8.01. The lowest BCUT2D eigenvalue weighted by Crippen LogP contribution is -2.14. The van der Waals surface area contributed by atoms with Crippen LogP contribution in [0, 0.1) is 18.3 Å². The third kappa shape index (κ3) is 4.71. The fourth-order valence-corrected chi connectivity index (χ4v) is 2.50. The summed E-state index contributed by atoms with van der Waals surface area (Å²) in [5, 5.41) is 12.6. The Hall–Kier alpha value is -2.57. The number of hydrogen-bond acceptors (Lipinski definition) is 2. The minimum absolute atomic E-state index is 0.0443. The Bertz CT molecular complexity index is 853. The van der Waals surface area contributed by atoms with Crippen molar-refractivity contribution in [1.29, 1.82) is 5.26 Å². The molecule has 0 radical (unpaired) electrons. The lowest BCUT2D eigenvalue weighted by Gasteiger charge is -2.18. The number of amides is 1. The summed E-state index contributed by atoms with van der Waals surface area (Å²) in [4.78, 5) is 12.4. The van der Waals surface area contributed by atoms with Crippen molar-refractivity contribution < 1.29 is 4.79 Å². The maximum atomic E-state index is 12.4. The topological polar surface area (TPSA) is 52.9 Å². The lowest BCUT2D eigenvalue weighted by atomic mass is 9.86. The summed E-state index contributed by atoms with van der Waals surface area (Å²) < 4.78 is 0. The third-order valence-electron chi connectivity index (χ3n) is 3.97. The molecule has 0 unspecified atom stereocenters. The van der Waals surface area contributed by atoms with Crippen molar-refractivity contribution in [3.05, 3.63) is 69.8 Å². The number of hydrogen-bond donors (Lipinski definition) is 1. The van der Waals surface area contributed by atoms with Gasteiger partial charge < -0.3 is 5.32 Å². The summed E-state index contributed by atoms with van der Waals surface area (Å²) >= 11 is 6.06. The fraction of sp³-hybridized carbons (Fsp3) is 0.238. The predicted molar refractivity (Wildman–Crippen MR) is 104 cm³/mol. The first-order valence-corrected chi connectivity index (χ1v) is 8.39. The van der Waals surface area contributed by atoms with E-state index in [4.69, 9.17) is 11.6 Å². The highest BCUT2D eigenvalue weighted by atomic mass is 35.5. The van der Waals surface area contributed by atoms with Gasteiger partial charge in [0.05, 0.1) is 0 Å². The van der Waals surface area contributed by atoms with E-state index < -0.39 is 5.91 Å². The van der Waals surface area contributed by atoms with Gasteiger partial charge >= 0.3 is 0 Å². The molecule has 2 aromatic carbocycles. The third-order valence-corrected chi connectivity index (χ3v) is 4.38. The molecular formula is C21H21ClN2O. The van der Waals surface area contributed by atoms with Crippen LogP contribution in [0.1, 0.15) is 37.5 Å². The first-order chi connectivity index (χ1) is 11.7. The van der Waals surface area contributed by atoms with Gasteiger partial charge in [-0.25, -0.2) is 0 Å². The molecule has 0 spiro atoms. The molecule has 0 heterocycles. The molecule has 1 N–H and O–H groups in total. The molecule has 2 aromatic rings. The van der Waals surface area contributed by atoms with Gasteiger partial charge in [-0.2, -0.15) is 5.26 Å². The number of nitriles is 1. The number of carbonyl (C=O) groups is 1. The number of benzene rings is 2. The summed E-state index contributed by atoms with van der Waals surface area (Å²) in [7, 11) is 0. The van der Waals surface area contributed by atoms with E-state index in [9.17, 15) is 10.1 Å². The Morgan fingerprint density at radius 2 is 1.80 bits per heavy atom. The van der Waals surface area contributed by atoms with E-state index >= 15 is 0 Å². The highest BCUT2D eigenvalue weighted by Gasteiger charge is 2.14. The van der Waals surface area contributed by atoms with E-state index in [-0.39, 0.29) is 11.0 Å². The average Bonchev–Trinajstić information content (AvgIpc) is 2.56. The summed E-state index contributed by atoms with van der Waals surface area (Å²) in [5.41, 5.74) is 3.47. The van der Waals surface area contributed by atoms with Crippen molar-refractivity contribution in [2.75, 3.05) is 5.32 Å². The molecule has 0 saturated heterocycles. The zero-order valence-corrected chi connectivity index (χ0v) is 15.6. The van der Waals surface area contributed by atoms with Gasteiger partial charge in [0.15, 0.2) is 0 Å². The quantitative estimate of drug-likeness (QED) is 0.586. The molecule has 3 nitrogen and oxygen atoms in total. The summed E-state index contributed by atoms with van der Waals surface area (Å²) in [6.45, 7) is 8.23. The van der Waals surface area contributed by atoms with Crippen molar-refractivity contribution >= 4 is 29.3 Å². The second-order valence-corrected chi connectivity index (χ2v) is 7.32. The normalized spacial score (nSPS) is 11.8. The maximum Gasteiger partial charge on any atom is 0.266 e. The number of halogens is 1. The molecule has 0 aromatic heterocycles. The van der Waals surface area contributed by atoms with Crippen LogP contribution in [0.3, 0.4) is 0 Å². The molecule has 128 valence electrons. The second kappa shape index (κ2) is 7.55. The standard InChI is InChI=1S/C21H21ClN2O/c1-14-18(22)6-5-7-19(14)24-20(25)16(13-23)12-15-8-10-17(11-9-15)21(2,3)4/h5-12H,1-4H3,(H,24,25)/b16-12+. The van der Waals surface area contributed by atoms with Crippen LogP contribution in [-0.4, -0.2) is 5.91 Å². The summed E-state index contributed by atoms with van der Waals surface area (Å²) in [5.74, 6) is -0.451. The number of carbonyl (C=O) groups excluding carboxylic acids is 1. The van der Waals surface area contributed by atoms with Crippen molar-refractivity contribution in [1.82, 2.24) is 0 Å². The fourth-order valence-electron chi connectivity index (χ4n) is 2.33. The van der Waals surface area contributed by atoms with E-state index in [0.717, 1.165) is 11.1 Å². The van der Waals surface area contributed by atoms with E-state index in [1.807, 2.05) is 37.3 Å². The van der Waals surface area contributed by atoms with Crippen LogP contribution in [0.15, 0.2) is 48.0 Å². The Balaban J connectivity index is 2.24. The molecule has 0 aliphatic rings. The minimum atomic E-state index is -0.451. The van der Waals surface area contributed by atoms with Gasteiger partial charge in [-0.05, 0) is 47.2 Å². The van der Waals surface area contributed by atoms with Crippen LogP contribution >= 0.6 is 11.6 Å². The Kier molecular flexibility index (Phi) is 5.66. The molecule has 1 amide bonds. The van der Waals surface area contributed by atoms with Crippen LogP contribution in [0.4, 0.5) is 5.69 Å². The first kappa shape index (κ1) is 18.8. The van der Waals surface area contributed by atoms with E-state index in [2.05, 4.69) is 26.1 Å². The van der Waals surface area contributed by atoms with Gasteiger partial charge in [-0.1, -0.05) is 62.7 Å². The molecule has 0 atom stereocenters. The SMILES string of the molecule is Cc1c(Cl)cccc1NC(=O)/C(C#N)=C/c1ccc(C(C)(C)C)cc1. The maximum absolute atomic E-state index is 12.4. The smallest absolute Gasteiger partial charge is 0.266 e. The lowest BCUT2D eigenvalue weighted by molar-refractivity contribution is -0.112. The average molecular weight is 353 g/mol. The monoisotopic (exact) mass is 352 g/mol. The molecule has 0 aliphatic carbocycles. The zero-order chi connectivity index (χ0) is 18.6. The van der Waals surface area contributed by atoms with Gasteiger partial charge in [-0.15, -0.1) is 0 Å². The molecule has 4 heteroatoms. The highest BCUT2D eigenvalue weighted by Crippen LogP contribution is 2.24. The van der Waals surface area contributed by atoms with Crippen molar-refractivity contribution in [3.8, 4) is 6.07 Å². The number of anilines is 1. The van der Waals surface area contributed by atoms with Gasteiger partial charge in [0, 0.05) is 10.7 Å². The van der Waals surface area contributed by atoms with Crippen LogP contribution in [0.5, 0.6) is 0 Å². The predicted octanol–water partition coefficient (Wildman–Crippen LogP) is 5.49. The molecule has 2 rings (SSSR count). The molecule has 0 aliphatic heterocycles. The van der Waals surface area contributed by atoms with E-state index in [1.54, 1.807) is 24.3 Å². The van der Waals surface area contributed by atoms with Gasteiger partial charge in [0.2, 0.25) is 0 Å². The van der Waals surface area contributed by atoms with Crippen LogP contribution < -0.4 is 5.32 Å². The molecular weight excluding hydrogens is 332 g/mol. The van der Waals surface area contributed by atoms with Crippen molar-refractivity contribution in [2.24, 2.45) is 0 Å². The number of rotatable bonds is 3. The summed E-state index contributed by atoms with van der Waals surface area (Å²) in [6, 6.07) is 15.1. The molecule has 0 saturated carbocycles. The van der Waals surface area contributed by atoms with E-state index in [0.29, 0.717) is 10.7 Å². The van der Waals surface area contributed by atoms with E-state index in [1.165, 1.54) is 5.56 Å². The summed E-state index contributed by atoms with van der Waals surface area (Å²) in [6.07, 6.45) is 1.58. The van der Waals surface area contributed by atoms with Crippen LogP contribution in [0.25, 0.3) is 6.08 Å². The molecule has 0 fully saturated rings. The zero-order valence-electron chi connectivity index (χ0n) is 14.9. The van der Waals surface area contributed by atoms with Crippen molar-refractivity contribution in [3.63, 3.8) is 0 Å². The van der Waals surface area contributed by atoms with Crippen molar-refractivity contribution in [2.45, 2.75) is 33.1 Å². The van der Waals surface area contributed by atoms with Crippen LogP contribution in [0.2, 0.25) is 5.02 Å². The van der Waals surface area contributed by atoms with Gasteiger partial charge in [0.1, 0.15) is 11.6 Å². The molecule has 0 bridgehead atoms. The Morgan fingerprint density at radius 1 is 1.16 bits per heavy atom. The largest absolute Gasteiger partial charge is 0.321 e. The number of nitrogens with zero attached hydrogens (tertiary/aromatic N) is 1. The number of nitrogens with one attached hydrogen (secondary N) is 1. The van der Waals surface area contributed by atoms with Crippen LogP contribution in [-0.2, 0) is 10.2 Å². The second-order valence-electron chi connectivity index (χ2n) is 6.91.